The molecule has 2 unspecified atom stereocenters. The Morgan fingerprint density at radius 3 is 2.65 bits per heavy atom. The van der Waals surface area contributed by atoms with Gasteiger partial charge in [0.05, 0.1) is 10.1 Å². The van der Waals surface area contributed by atoms with E-state index in [9.17, 15) is 5.11 Å². The van der Waals surface area contributed by atoms with Crippen LogP contribution in [0.15, 0.2) is 19.6 Å². The molecule has 2 aliphatic rings. The van der Waals surface area contributed by atoms with Crippen LogP contribution >= 0.6 is 31.9 Å². The fourth-order valence-corrected chi connectivity index (χ4v) is 3.78. The summed E-state index contributed by atoms with van der Waals surface area (Å²) in [5, 5.41) is 10.6. The smallest absolute Gasteiger partial charge is 0.183 e. The molecule has 1 aromatic rings. The van der Waals surface area contributed by atoms with Gasteiger partial charge in [-0.25, -0.2) is 0 Å². The maximum absolute atomic E-state index is 10.6. The van der Waals surface area contributed by atoms with E-state index in [1.807, 2.05) is 6.07 Å². The van der Waals surface area contributed by atoms with Crippen LogP contribution in [0.2, 0.25) is 0 Å². The highest BCUT2D eigenvalue weighted by molar-refractivity contribution is 9.13. The van der Waals surface area contributed by atoms with Gasteiger partial charge in [0.15, 0.2) is 4.67 Å². The summed E-state index contributed by atoms with van der Waals surface area (Å²) < 4.78 is 18.5. The Balaban J connectivity index is 1.72. The second-order valence-electron chi connectivity index (χ2n) is 5.61. The van der Waals surface area contributed by atoms with E-state index in [4.69, 9.17) is 13.9 Å². The van der Waals surface area contributed by atoms with Crippen molar-refractivity contribution in [2.75, 3.05) is 19.8 Å². The van der Waals surface area contributed by atoms with Gasteiger partial charge in [-0.2, -0.15) is 0 Å². The Labute approximate surface area is 135 Å². The van der Waals surface area contributed by atoms with Crippen LogP contribution in [0.3, 0.4) is 0 Å². The van der Waals surface area contributed by atoms with Gasteiger partial charge >= 0.3 is 0 Å². The number of ether oxygens (including phenoxy) is 2. The summed E-state index contributed by atoms with van der Waals surface area (Å²) in [5.41, 5.74) is -0.108. The molecule has 0 amide bonds. The molecule has 0 saturated carbocycles. The topological polar surface area (TPSA) is 51.8 Å². The number of rotatable bonds is 2. The molecule has 2 aliphatic heterocycles. The number of hydrogen-bond acceptors (Lipinski definition) is 4. The molecule has 2 atom stereocenters. The van der Waals surface area contributed by atoms with Gasteiger partial charge in [0.2, 0.25) is 0 Å². The minimum Gasteiger partial charge on any atom is -0.450 e. The molecule has 6 heteroatoms. The first-order valence-electron chi connectivity index (χ1n) is 6.94. The average Bonchev–Trinajstić information content (AvgIpc) is 2.79. The molecule has 1 N–H and O–H groups in total. The summed E-state index contributed by atoms with van der Waals surface area (Å²) >= 11 is 6.70. The third-order valence-corrected chi connectivity index (χ3v) is 6.05. The van der Waals surface area contributed by atoms with Crippen LogP contribution < -0.4 is 0 Å². The number of halogens is 2. The normalized spacial score (nSPS) is 27.6. The van der Waals surface area contributed by atoms with Crippen LogP contribution in [0, 0.1) is 5.92 Å². The van der Waals surface area contributed by atoms with Crippen molar-refractivity contribution in [1.29, 1.82) is 0 Å². The zero-order chi connectivity index (χ0) is 14.2. The van der Waals surface area contributed by atoms with E-state index in [-0.39, 0.29) is 11.5 Å². The third-order valence-electron chi connectivity index (χ3n) is 4.34. The quantitative estimate of drug-likeness (QED) is 0.806. The second-order valence-corrected chi connectivity index (χ2v) is 7.19. The summed E-state index contributed by atoms with van der Waals surface area (Å²) in [5.74, 6) is 0.782. The molecule has 1 aromatic heterocycles. The second kappa shape index (κ2) is 6.08. The van der Waals surface area contributed by atoms with Crippen molar-refractivity contribution in [2.24, 2.45) is 5.92 Å². The maximum Gasteiger partial charge on any atom is 0.183 e. The first kappa shape index (κ1) is 15.0. The monoisotopic (exact) mass is 408 g/mol. The molecule has 112 valence electrons. The van der Waals surface area contributed by atoms with Crippen LogP contribution in [0.1, 0.15) is 37.5 Å². The van der Waals surface area contributed by atoms with Crippen molar-refractivity contribution >= 4 is 31.9 Å². The number of furan rings is 1. The molecular weight excluding hydrogens is 392 g/mol. The van der Waals surface area contributed by atoms with E-state index >= 15 is 0 Å². The molecule has 3 heterocycles. The Hall–Kier alpha value is 0.120. The van der Waals surface area contributed by atoms with Crippen LogP contribution in [0.25, 0.3) is 0 Å². The van der Waals surface area contributed by atoms with Crippen molar-refractivity contribution in [3.8, 4) is 0 Å². The van der Waals surface area contributed by atoms with Crippen molar-refractivity contribution < 1.29 is 19.0 Å². The van der Waals surface area contributed by atoms with Crippen molar-refractivity contribution in [1.82, 2.24) is 0 Å². The predicted octanol–water partition coefficient (Wildman–Crippen LogP) is 3.81. The first-order valence-corrected chi connectivity index (χ1v) is 8.53. The van der Waals surface area contributed by atoms with E-state index in [0.29, 0.717) is 17.0 Å². The molecule has 0 bridgehead atoms. The molecule has 2 saturated heterocycles. The summed E-state index contributed by atoms with van der Waals surface area (Å²) in [6, 6.07) is 1.83. The molecule has 20 heavy (non-hydrogen) atoms. The zero-order valence-corrected chi connectivity index (χ0v) is 14.3. The van der Waals surface area contributed by atoms with Crippen LogP contribution in [0.5, 0.6) is 0 Å². The molecule has 4 nitrogen and oxygen atoms in total. The summed E-state index contributed by atoms with van der Waals surface area (Å²) in [7, 11) is 0. The molecule has 1 spiro atoms. The first-order chi connectivity index (χ1) is 9.60. The largest absolute Gasteiger partial charge is 0.450 e. The van der Waals surface area contributed by atoms with Gasteiger partial charge in [0.1, 0.15) is 11.9 Å². The number of hydrogen-bond donors (Lipinski definition) is 1. The molecule has 0 aromatic carbocycles. The predicted molar refractivity (Wildman–Crippen MR) is 80.5 cm³/mol. The Kier molecular flexibility index (Phi) is 4.57. The minimum atomic E-state index is -0.582. The molecule has 3 rings (SSSR count). The third kappa shape index (κ3) is 2.99. The van der Waals surface area contributed by atoms with E-state index in [1.54, 1.807) is 0 Å². The summed E-state index contributed by atoms with van der Waals surface area (Å²) in [6.07, 6.45) is 2.98. The Bertz CT molecular complexity index is 443. The zero-order valence-electron chi connectivity index (χ0n) is 11.1. The lowest BCUT2D eigenvalue weighted by molar-refractivity contribution is -0.160. The van der Waals surface area contributed by atoms with Gasteiger partial charge in [-0.05, 0) is 69.5 Å². The van der Waals surface area contributed by atoms with Crippen LogP contribution in [-0.4, -0.2) is 30.5 Å². The average molecular weight is 410 g/mol. The van der Waals surface area contributed by atoms with Gasteiger partial charge in [-0.1, -0.05) is 0 Å². The molecule has 0 aliphatic carbocycles. The van der Waals surface area contributed by atoms with E-state index in [1.165, 1.54) is 0 Å². The van der Waals surface area contributed by atoms with Gasteiger partial charge in [-0.3, -0.25) is 0 Å². The fourth-order valence-electron chi connectivity index (χ4n) is 3.17. The highest BCUT2D eigenvalue weighted by Gasteiger charge is 2.41. The molecule has 0 radical (unpaired) electrons. The summed E-state index contributed by atoms with van der Waals surface area (Å²) in [6.45, 7) is 2.20. The van der Waals surface area contributed by atoms with Crippen molar-refractivity contribution in [2.45, 2.75) is 37.4 Å². The van der Waals surface area contributed by atoms with E-state index < -0.39 is 6.10 Å². The van der Waals surface area contributed by atoms with E-state index in [2.05, 4.69) is 31.9 Å². The van der Waals surface area contributed by atoms with Crippen molar-refractivity contribution in [3.63, 3.8) is 0 Å². The standard InChI is InChI=1S/C14H18Br2O4/c15-10-7-11(20-13(10)16)12(17)9-1-4-19-14(8-9)2-5-18-6-3-14/h7,9,12,17H,1-6,8H2. The Morgan fingerprint density at radius 2 is 2.00 bits per heavy atom. The highest BCUT2D eigenvalue weighted by atomic mass is 79.9. The molecular formula is C14H18Br2O4. The van der Waals surface area contributed by atoms with Crippen LogP contribution in [0.4, 0.5) is 0 Å². The lowest BCUT2D eigenvalue weighted by atomic mass is 9.78. The lowest BCUT2D eigenvalue weighted by Gasteiger charge is -2.44. The van der Waals surface area contributed by atoms with E-state index in [0.717, 1.165) is 43.4 Å². The minimum absolute atomic E-state index is 0.108. The maximum atomic E-state index is 10.6. The Morgan fingerprint density at radius 1 is 1.25 bits per heavy atom. The lowest BCUT2D eigenvalue weighted by Crippen LogP contribution is -2.45. The number of aliphatic hydroxyl groups excluding tert-OH is 1. The number of aliphatic hydroxyl groups is 1. The van der Waals surface area contributed by atoms with Crippen LogP contribution in [-0.2, 0) is 9.47 Å². The highest BCUT2D eigenvalue weighted by Crippen LogP contribution is 2.43. The van der Waals surface area contributed by atoms with Gasteiger partial charge in [0.25, 0.3) is 0 Å². The SMILES string of the molecule is OC(c1cc(Br)c(Br)o1)C1CCOC2(CCOCC2)C1. The van der Waals surface area contributed by atoms with Crippen molar-refractivity contribution in [3.05, 3.63) is 21.0 Å². The molecule has 2 fully saturated rings. The van der Waals surface area contributed by atoms with Gasteiger partial charge in [0, 0.05) is 19.8 Å². The fraction of sp³-hybridized carbons (Fsp3) is 0.714. The van der Waals surface area contributed by atoms with Gasteiger partial charge < -0.3 is 19.0 Å². The van der Waals surface area contributed by atoms with Gasteiger partial charge in [-0.15, -0.1) is 0 Å². The summed E-state index contributed by atoms with van der Waals surface area (Å²) in [4.78, 5) is 0.